The van der Waals surface area contributed by atoms with Gasteiger partial charge in [0, 0.05) is 6.61 Å². The molecule has 0 N–H and O–H groups in total. The second kappa shape index (κ2) is 6.15. The third-order valence-corrected chi connectivity index (χ3v) is 11.3. The van der Waals surface area contributed by atoms with Crippen molar-refractivity contribution >= 4 is 32.0 Å². The summed E-state index contributed by atoms with van der Waals surface area (Å²) in [5, 5.41) is 4.58. The summed E-state index contributed by atoms with van der Waals surface area (Å²) in [4.78, 5) is 0. The normalized spacial score (nSPS) is 22.5. The second-order valence-electron chi connectivity index (χ2n) is 7.29. The maximum absolute atomic E-state index is 6.63. The monoisotopic (exact) mass is 326 g/mol. The highest BCUT2D eigenvalue weighted by Gasteiger charge is 2.43. The zero-order valence-corrected chi connectivity index (χ0v) is 15.9. The first-order chi connectivity index (χ1) is 10.5. The van der Waals surface area contributed by atoms with E-state index in [1.807, 2.05) is 0 Å². The minimum atomic E-state index is -2.05. The van der Waals surface area contributed by atoms with Crippen LogP contribution in [-0.2, 0) is 4.43 Å². The Morgan fingerprint density at radius 1 is 0.864 bits per heavy atom. The molecule has 3 rings (SSSR count). The molecule has 1 nitrogen and oxygen atoms in total. The lowest BCUT2D eigenvalue weighted by atomic mass is 10.3. The summed E-state index contributed by atoms with van der Waals surface area (Å²) in [6.07, 6.45) is 2.50. The summed E-state index contributed by atoms with van der Waals surface area (Å²) >= 11 is 0. The van der Waals surface area contributed by atoms with Crippen molar-refractivity contribution < 1.29 is 4.43 Å². The maximum atomic E-state index is 6.63. The van der Waals surface area contributed by atoms with Crippen molar-refractivity contribution in [3.05, 3.63) is 54.6 Å². The molecular weight excluding hydrogens is 300 g/mol. The van der Waals surface area contributed by atoms with Gasteiger partial charge in [0.15, 0.2) is 0 Å². The van der Waals surface area contributed by atoms with E-state index in [1.165, 1.54) is 24.1 Å². The van der Waals surface area contributed by atoms with Gasteiger partial charge < -0.3 is 4.43 Å². The van der Waals surface area contributed by atoms with Crippen LogP contribution in [0.25, 0.3) is 0 Å². The minimum absolute atomic E-state index is 0.918. The Hall–Kier alpha value is -1.17. The molecule has 22 heavy (non-hydrogen) atoms. The van der Waals surface area contributed by atoms with E-state index in [1.54, 1.807) is 10.4 Å². The fourth-order valence-electron chi connectivity index (χ4n) is 3.59. The lowest BCUT2D eigenvalue weighted by Crippen LogP contribution is -2.68. The molecule has 3 heteroatoms. The van der Waals surface area contributed by atoms with Crippen LogP contribution in [0.5, 0.6) is 0 Å². The molecule has 1 heterocycles. The van der Waals surface area contributed by atoms with Gasteiger partial charge in [-0.2, -0.15) is 0 Å². The fourth-order valence-corrected chi connectivity index (χ4v) is 11.0. The van der Waals surface area contributed by atoms with Crippen molar-refractivity contribution in [2.75, 3.05) is 6.61 Å². The van der Waals surface area contributed by atoms with Crippen molar-refractivity contribution in [3.63, 3.8) is 0 Å². The highest BCUT2D eigenvalue weighted by atomic mass is 28.4. The maximum Gasteiger partial charge on any atom is 0.255 e. The lowest BCUT2D eigenvalue weighted by Gasteiger charge is -2.39. The van der Waals surface area contributed by atoms with E-state index in [-0.39, 0.29) is 0 Å². The van der Waals surface area contributed by atoms with Gasteiger partial charge in [0.05, 0.1) is 8.07 Å². The summed E-state index contributed by atoms with van der Waals surface area (Å²) in [6, 6.07) is 21.4. The highest BCUT2D eigenvalue weighted by molar-refractivity contribution is 7.03. The van der Waals surface area contributed by atoms with E-state index in [2.05, 4.69) is 74.2 Å². The Morgan fingerprint density at radius 3 is 2.18 bits per heavy atom. The van der Waals surface area contributed by atoms with Gasteiger partial charge in [0.2, 0.25) is 0 Å². The third-order valence-electron chi connectivity index (χ3n) is 4.68. The number of benzene rings is 2. The summed E-state index contributed by atoms with van der Waals surface area (Å²) < 4.78 is 6.63. The van der Waals surface area contributed by atoms with Crippen LogP contribution in [0.1, 0.15) is 12.8 Å². The molecule has 0 radical (unpaired) electrons. The van der Waals surface area contributed by atoms with Crippen molar-refractivity contribution in [1.82, 2.24) is 0 Å². The van der Waals surface area contributed by atoms with Crippen LogP contribution >= 0.6 is 0 Å². The van der Waals surface area contributed by atoms with Crippen LogP contribution in [0.15, 0.2) is 54.6 Å². The smallest absolute Gasteiger partial charge is 0.255 e. The first-order valence-electron chi connectivity index (χ1n) is 8.33. The topological polar surface area (TPSA) is 9.23 Å². The number of rotatable bonds is 3. The van der Waals surface area contributed by atoms with Gasteiger partial charge in [-0.25, -0.2) is 0 Å². The van der Waals surface area contributed by atoms with Gasteiger partial charge in [-0.15, -0.1) is 0 Å². The van der Waals surface area contributed by atoms with Crippen molar-refractivity contribution in [2.24, 2.45) is 0 Å². The first-order valence-corrected chi connectivity index (χ1v) is 13.9. The van der Waals surface area contributed by atoms with Gasteiger partial charge in [-0.1, -0.05) is 85.8 Å². The highest BCUT2D eigenvalue weighted by Crippen LogP contribution is 2.22. The van der Waals surface area contributed by atoms with Crippen LogP contribution in [0.3, 0.4) is 0 Å². The molecular formula is C19H26OSi2. The zero-order chi connectivity index (χ0) is 15.6. The molecule has 1 aliphatic heterocycles. The molecule has 0 amide bonds. The van der Waals surface area contributed by atoms with E-state index in [0.29, 0.717) is 0 Å². The Bertz CT molecular complexity index is 625. The molecule has 1 saturated heterocycles. The third kappa shape index (κ3) is 2.85. The number of hydrogen-bond acceptors (Lipinski definition) is 1. The molecule has 0 aliphatic carbocycles. The quantitative estimate of drug-likeness (QED) is 0.788. The fraction of sp³-hybridized carbons (Fsp3) is 0.368. The largest absolute Gasteiger partial charge is 0.408 e. The van der Waals surface area contributed by atoms with Crippen LogP contribution in [0, 0.1) is 0 Å². The SMILES string of the molecule is C[Si](C)(C)c1ccccc1[Si]1(c2ccccc2)CCCCO1. The molecule has 2 aromatic carbocycles. The zero-order valence-electron chi connectivity index (χ0n) is 13.9. The van der Waals surface area contributed by atoms with Crippen molar-refractivity contribution in [2.45, 2.75) is 38.5 Å². The van der Waals surface area contributed by atoms with E-state index in [4.69, 9.17) is 4.43 Å². The van der Waals surface area contributed by atoms with Crippen LogP contribution < -0.4 is 15.6 Å². The molecule has 0 aromatic heterocycles. The standard InChI is InChI=1S/C19H26OSi2/c1-21(2,3)18-13-7-8-14-19(18)22(16-10-9-15-20-22)17-11-5-4-6-12-17/h4-8,11-14H,9-10,15-16H2,1-3H3. The summed E-state index contributed by atoms with van der Waals surface area (Å²) in [6.45, 7) is 8.26. The Morgan fingerprint density at radius 2 is 1.55 bits per heavy atom. The van der Waals surface area contributed by atoms with E-state index >= 15 is 0 Å². The molecule has 0 saturated carbocycles. The molecule has 1 unspecified atom stereocenters. The molecule has 1 atom stereocenters. The van der Waals surface area contributed by atoms with Gasteiger partial charge in [-0.3, -0.25) is 0 Å². The summed E-state index contributed by atoms with van der Waals surface area (Å²) in [5.74, 6) is 0. The molecule has 2 aromatic rings. The predicted octanol–water partition coefficient (Wildman–Crippen LogP) is 3.10. The second-order valence-corrected chi connectivity index (χ2v) is 15.9. The van der Waals surface area contributed by atoms with E-state index in [0.717, 1.165) is 6.61 Å². The van der Waals surface area contributed by atoms with Crippen LogP contribution in [0.2, 0.25) is 25.7 Å². The molecule has 1 fully saturated rings. The Kier molecular flexibility index (Phi) is 4.39. The molecule has 0 spiro atoms. The van der Waals surface area contributed by atoms with Gasteiger partial charge in [0.1, 0.15) is 0 Å². The van der Waals surface area contributed by atoms with Crippen molar-refractivity contribution in [1.29, 1.82) is 0 Å². The van der Waals surface area contributed by atoms with E-state index < -0.39 is 16.4 Å². The van der Waals surface area contributed by atoms with Crippen LogP contribution in [0.4, 0.5) is 0 Å². The molecule has 1 aliphatic rings. The van der Waals surface area contributed by atoms with Gasteiger partial charge in [0.25, 0.3) is 8.32 Å². The van der Waals surface area contributed by atoms with Gasteiger partial charge >= 0.3 is 0 Å². The summed E-state index contributed by atoms with van der Waals surface area (Å²) in [5.41, 5.74) is 0. The first kappa shape index (κ1) is 15.7. The van der Waals surface area contributed by atoms with Crippen LogP contribution in [-0.4, -0.2) is 23.0 Å². The summed E-state index contributed by atoms with van der Waals surface area (Å²) in [7, 11) is -3.44. The lowest BCUT2D eigenvalue weighted by molar-refractivity contribution is 0.284. The average molecular weight is 327 g/mol. The Labute approximate surface area is 136 Å². The minimum Gasteiger partial charge on any atom is -0.408 e. The van der Waals surface area contributed by atoms with Gasteiger partial charge in [-0.05, 0) is 22.8 Å². The van der Waals surface area contributed by atoms with E-state index in [9.17, 15) is 0 Å². The molecule has 0 bridgehead atoms. The molecule has 116 valence electrons. The Balaban J connectivity index is 2.20. The number of hydrogen-bond donors (Lipinski definition) is 0. The van der Waals surface area contributed by atoms with Crippen molar-refractivity contribution in [3.8, 4) is 0 Å². The average Bonchev–Trinajstić information content (AvgIpc) is 2.55. The predicted molar refractivity (Wildman–Crippen MR) is 101 cm³/mol.